The summed E-state index contributed by atoms with van der Waals surface area (Å²) in [6.45, 7) is 4.02. The highest BCUT2D eigenvalue weighted by Gasteiger charge is 2.49. The summed E-state index contributed by atoms with van der Waals surface area (Å²) in [4.78, 5) is 41.4. The van der Waals surface area contributed by atoms with Crippen LogP contribution in [0.4, 0.5) is 0 Å². The number of H-pyrrole nitrogens is 1. The fourth-order valence-electron chi connectivity index (χ4n) is 4.86. The Morgan fingerprint density at radius 2 is 1.76 bits per heavy atom. The Hall–Kier alpha value is -3.41. The second kappa shape index (κ2) is 9.61. The molecule has 0 saturated carbocycles. The number of fused-ring (bicyclic) bond motifs is 1. The summed E-state index contributed by atoms with van der Waals surface area (Å²) >= 11 is 0. The number of nitrogens with one attached hydrogen (secondary N) is 1. The van der Waals surface area contributed by atoms with Gasteiger partial charge in [0.15, 0.2) is 11.9 Å². The number of amides is 1. The number of aryl methyl sites for hydroxylation is 1. The lowest BCUT2D eigenvalue weighted by Gasteiger charge is -2.22. The molecule has 1 saturated heterocycles. The molecule has 3 unspecified atom stereocenters. The van der Waals surface area contributed by atoms with E-state index in [0.29, 0.717) is 19.3 Å². The van der Waals surface area contributed by atoms with Crippen molar-refractivity contribution >= 4 is 28.6 Å². The van der Waals surface area contributed by atoms with Gasteiger partial charge in [0.2, 0.25) is 5.91 Å². The Balaban J connectivity index is 1.83. The van der Waals surface area contributed by atoms with Gasteiger partial charge < -0.3 is 15.5 Å². The van der Waals surface area contributed by atoms with Crippen LogP contribution in [0.15, 0.2) is 54.6 Å². The Morgan fingerprint density at radius 3 is 2.45 bits per heavy atom. The number of Topliss-reactive ketones (excluding diaryl/α,β-unsaturated/α-hetero) is 1. The Morgan fingerprint density at radius 1 is 1.06 bits per heavy atom. The van der Waals surface area contributed by atoms with E-state index in [1.807, 2.05) is 68.4 Å². The molecular formula is C27H30N2O4. The van der Waals surface area contributed by atoms with Crippen LogP contribution in [0.3, 0.4) is 0 Å². The lowest BCUT2D eigenvalue weighted by molar-refractivity contribution is -0.145. The van der Waals surface area contributed by atoms with Crippen molar-refractivity contribution in [2.45, 2.75) is 51.6 Å². The largest absolute Gasteiger partial charge is 0.454 e. The normalized spacial score (nSPS) is 19.2. The van der Waals surface area contributed by atoms with Crippen molar-refractivity contribution in [3.63, 3.8) is 0 Å². The molecule has 172 valence electrons. The highest BCUT2D eigenvalue weighted by atomic mass is 16.6. The predicted octanol–water partition coefficient (Wildman–Crippen LogP) is 4.26. The van der Waals surface area contributed by atoms with Gasteiger partial charge in [-0.15, -0.1) is 0 Å². The van der Waals surface area contributed by atoms with E-state index < -0.39 is 23.9 Å². The molecule has 3 atom stereocenters. The van der Waals surface area contributed by atoms with Crippen LogP contribution in [0.25, 0.3) is 10.9 Å². The van der Waals surface area contributed by atoms with Crippen molar-refractivity contribution in [2.75, 3.05) is 0 Å². The van der Waals surface area contributed by atoms with Crippen LogP contribution in [0.1, 0.15) is 55.8 Å². The molecule has 0 spiro atoms. The Kier molecular flexibility index (Phi) is 6.63. The van der Waals surface area contributed by atoms with Crippen LogP contribution >= 0.6 is 0 Å². The first-order valence-electron chi connectivity index (χ1n) is 11.5. The third kappa shape index (κ3) is 4.70. The van der Waals surface area contributed by atoms with Gasteiger partial charge in [-0.1, -0.05) is 62.4 Å². The standard InChI is InChI=1S/C27H30N2O4/c1-16(2)15-21-26(31)24(27(32)33-21)23(17-9-4-3-5-10-17)25-19(12-8-14-22(28)30)18-11-6-7-13-20(18)29-25/h3-7,9-11,13,16,21,23-24,29H,8,12,14-15H2,1-2H3,(H2,28,30). The van der Waals surface area contributed by atoms with E-state index in [-0.39, 0.29) is 24.0 Å². The summed E-state index contributed by atoms with van der Waals surface area (Å²) in [6, 6.07) is 17.5. The minimum atomic E-state index is -0.917. The van der Waals surface area contributed by atoms with Crippen molar-refractivity contribution in [1.29, 1.82) is 0 Å². The number of ether oxygens (including phenoxy) is 1. The molecule has 0 aliphatic carbocycles. The molecule has 1 aromatic heterocycles. The highest BCUT2D eigenvalue weighted by Crippen LogP contribution is 2.41. The predicted molar refractivity (Wildman–Crippen MR) is 127 cm³/mol. The zero-order chi connectivity index (χ0) is 23.5. The highest BCUT2D eigenvalue weighted by molar-refractivity contribution is 6.08. The lowest BCUT2D eigenvalue weighted by Crippen LogP contribution is -2.28. The van der Waals surface area contributed by atoms with Gasteiger partial charge in [0.05, 0.1) is 0 Å². The number of benzene rings is 2. The van der Waals surface area contributed by atoms with Crippen molar-refractivity contribution in [1.82, 2.24) is 4.98 Å². The first kappa shape index (κ1) is 22.8. The van der Waals surface area contributed by atoms with Gasteiger partial charge in [-0.2, -0.15) is 0 Å². The zero-order valence-electron chi connectivity index (χ0n) is 19.0. The summed E-state index contributed by atoms with van der Waals surface area (Å²) in [5.74, 6) is -2.16. The van der Waals surface area contributed by atoms with Gasteiger partial charge in [0, 0.05) is 28.9 Å². The van der Waals surface area contributed by atoms with Gasteiger partial charge in [-0.05, 0) is 42.4 Å². The third-order valence-corrected chi connectivity index (χ3v) is 6.32. The van der Waals surface area contributed by atoms with E-state index in [4.69, 9.17) is 10.5 Å². The van der Waals surface area contributed by atoms with E-state index in [1.165, 1.54) is 0 Å². The second-order valence-electron chi connectivity index (χ2n) is 9.21. The summed E-state index contributed by atoms with van der Waals surface area (Å²) in [5, 5.41) is 1.02. The van der Waals surface area contributed by atoms with Crippen molar-refractivity contribution < 1.29 is 19.1 Å². The molecule has 0 bridgehead atoms. The molecule has 1 amide bonds. The van der Waals surface area contributed by atoms with Crippen LogP contribution in [-0.2, 0) is 25.5 Å². The van der Waals surface area contributed by atoms with Crippen LogP contribution < -0.4 is 5.73 Å². The van der Waals surface area contributed by atoms with Gasteiger partial charge in [-0.25, -0.2) is 0 Å². The number of ketones is 1. The van der Waals surface area contributed by atoms with Gasteiger partial charge in [-0.3, -0.25) is 14.4 Å². The summed E-state index contributed by atoms with van der Waals surface area (Å²) in [7, 11) is 0. The average Bonchev–Trinajstić information content (AvgIpc) is 3.27. The number of nitrogens with two attached hydrogens (primary N) is 1. The number of carbonyl (C=O) groups is 3. The van der Waals surface area contributed by atoms with E-state index >= 15 is 0 Å². The number of hydrogen-bond donors (Lipinski definition) is 2. The van der Waals surface area contributed by atoms with Gasteiger partial charge in [0.25, 0.3) is 0 Å². The maximum atomic E-state index is 13.4. The number of carbonyl (C=O) groups excluding carboxylic acids is 3. The van der Waals surface area contributed by atoms with E-state index in [2.05, 4.69) is 4.98 Å². The average molecular weight is 447 g/mol. The van der Waals surface area contributed by atoms with Crippen molar-refractivity contribution in [3.8, 4) is 0 Å². The quantitative estimate of drug-likeness (QED) is 0.379. The molecule has 3 N–H and O–H groups in total. The smallest absolute Gasteiger partial charge is 0.318 e. The summed E-state index contributed by atoms with van der Waals surface area (Å²) in [6.07, 6.45) is 1.27. The minimum absolute atomic E-state index is 0.163. The molecule has 6 heteroatoms. The minimum Gasteiger partial charge on any atom is -0.454 e. The summed E-state index contributed by atoms with van der Waals surface area (Å²) in [5.41, 5.74) is 9.01. The first-order chi connectivity index (χ1) is 15.9. The molecule has 3 aromatic rings. The first-order valence-corrected chi connectivity index (χ1v) is 11.5. The fraction of sp³-hybridized carbons (Fsp3) is 0.370. The molecule has 1 aliphatic heterocycles. The number of cyclic esters (lactones) is 1. The Labute approximate surface area is 193 Å². The molecule has 0 radical (unpaired) electrons. The van der Waals surface area contributed by atoms with Crippen LogP contribution in [-0.4, -0.2) is 28.7 Å². The molecule has 4 rings (SSSR count). The van der Waals surface area contributed by atoms with Gasteiger partial charge in [0.1, 0.15) is 5.92 Å². The molecule has 6 nitrogen and oxygen atoms in total. The van der Waals surface area contributed by atoms with Crippen LogP contribution in [0, 0.1) is 11.8 Å². The molecule has 33 heavy (non-hydrogen) atoms. The number of esters is 1. The molecule has 2 heterocycles. The topological polar surface area (TPSA) is 102 Å². The number of primary amides is 1. The number of aromatic amines is 1. The second-order valence-corrected chi connectivity index (χ2v) is 9.21. The third-order valence-electron chi connectivity index (χ3n) is 6.32. The monoisotopic (exact) mass is 446 g/mol. The molecule has 1 aliphatic rings. The Bertz CT molecular complexity index is 1170. The number of para-hydroxylation sites is 1. The zero-order valence-corrected chi connectivity index (χ0v) is 19.0. The van der Waals surface area contributed by atoms with Crippen molar-refractivity contribution in [2.24, 2.45) is 17.6 Å². The molecular weight excluding hydrogens is 416 g/mol. The molecule has 1 fully saturated rings. The van der Waals surface area contributed by atoms with Gasteiger partial charge >= 0.3 is 5.97 Å². The fourth-order valence-corrected chi connectivity index (χ4v) is 4.86. The van der Waals surface area contributed by atoms with Crippen LogP contribution in [0.2, 0.25) is 0 Å². The number of aromatic nitrogens is 1. The number of rotatable bonds is 9. The van der Waals surface area contributed by atoms with E-state index in [9.17, 15) is 14.4 Å². The van der Waals surface area contributed by atoms with E-state index in [1.54, 1.807) is 0 Å². The van der Waals surface area contributed by atoms with E-state index in [0.717, 1.165) is 27.7 Å². The molecule has 2 aromatic carbocycles. The SMILES string of the molecule is CC(C)CC1OC(=O)C(C(c2ccccc2)c2[nH]c3ccccc3c2CCCC(N)=O)C1=O. The van der Waals surface area contributed by atoms with Crippen LogP contribution in [0.5, 0.6) is 0 Å². The summed E-state index contributed by atoms with van der Waals surface area (Å²) < 4.78 is 5.58. The lowest BCUT2D eigenvalue weighted by atomic mass is 9.78. The number of hydrogen-bond acceptors (Lipinski definition) is 4. The van der Waals surface area contributed by atoms with Crippen molar-refractivity contribution in [3.05, 3.63) is 71.4 Å². The maximum absolute atomic E-state index is 13.4. The maximum Gasteiger partial charge on any atom is 0.318 e.